The fourth-order valence-corrected chi connectivity index (χ4v) is 4.61. The normalized spacial score (nSPS) is 17.4. The Labute approximate surface area is 224 Å². The highest BCUT2D eigenvalue weighted by molar-refractivity contribution is 9.10. The minimum Gasteiger partial charge on any atom is -0.465 e. The topological polar surface area (TPSA) is 71.0 Å². The summed E-state index contributed by atoms with van der Waals surface area (Å²) in [6.07, 6.45) is -4.67. The number of carbonyl (C=O) groups is 2. The predicted octanol–water partition coefficient (Wildman–Crippen LogP) is 6.87. The van der Waals surface area contributed by atoms with Crippen molar-refractivity contribution in [2.75, 3.05) is 18.5 Å². The Hall–Kier alpha value is -3.37. The monoisotopic (exact) mass is 593 g/mol. The number of nitrogens with one attached hydrogen (secondary N) is 1. The second-order valence-corrected chi connectivity index (χ2v) is 9.45. The molecular weight excluding hydrogens is 575 g/mol. The van der Waals surface area contributed by atoms with Crippen LogP contribution in [0.25, 0.3) is 0 Å². The minimum absolute atomic E-state index is 0.0405. The van der Waals surface area contributed by atoms with Crippen LogP contribution in [0.1, 0.15) is 23.6 Å². The Balaban J connectivity index is 1.84. The van der Waals surface area contributed by atoms with Crippen molar-refractivity contribution < 1.29 is 27.5 Å². The maximum absolute atomic E-state index is 13.5. The second-order valence-electron chi connectivity index (χ2n) is 8.13. The van der Waals surface area contributed by atoms with Crippen LogP contribution in [-0.4, -0.2) is 35.9 Å². The van der Waals surface area contributed by atoms with Crippen molar-refractivity contribution in [1.82, 2.24) is 5.01 Å². The second kappa shape index (κ2) is 10.5. The predicted molar refractivity (Wildman–Crippen MR) is 138 cm³/mol. The first-order chi connectivity index (χ1) is 17.6. The van der Waals surface area contributed by atoms with Crippen LogP contribution in [0, 0.1) is 0 Å². The Morgan fingerprint density at radius 1 is 1.11 bits per heavy atom. The van der Waals surface area contributed by atoms with Crippen molar-refractivity contribution in [3.8, 4) is 0 Å². The number of hydrogen-bond donors (Lipinski definition) is 1. The molecule has 0 aromatic heterocycles. The molecule has 3 aromatic carbocycles. The van der Waals surface area contributed by atoms with Gasteiger partial charge in [-0.3, -0.25) is 4.79 Å². The van der Waals surface area contributed by atoms with Gasteiger partial charge in [0, 0.05) is 15.7 Å². The number of amides is 2. The van der Waals surface area contributed by atoms with Crippen molar-refractivity contribution in [2.24, 2.45) is 5.10 Å². The molecule has 2 amide bonds. The first kappa shape index (κ1) is 26.7. The molecule has 37 heavy (non-hydrogen) atoms. The highest BCUT2D eigenvalue weighted by Crippen LogP contribution is 2.40. The van der Waals surface area contributed by atoms with Gasteiger partial charge in [-0.1, -0.05) is 63.9 Å². The average molecular weight is 595 g/mol. The molecule has 0 bridgehead atoms. The molecule has 3 aromatic rings. The number of ether oxygens (including phenoxy) is 1. The van der Waals surface area contributed by atoms with Gasteiger partial charge in [0.15, 0.2) is 5.41 Å². The van der Waals surface area contributed by atoms with Gasteiger partial charge >= 0.3 is 18.2 Å². The lowest BCUT2D eigenvalue weighted by Crippen LogP contribution is -2.48. The Kier molecular flexibility index (Phi) is 7.61. The Morgan fingerprint density at radius 3 is 2.38 bits per heavy atom. The molecule has 1 aliphatic rings. The highest BCUT2D eigenvalue weighted by atomic mass is 79.9. The number of hydrogen-bond acceptors (Lipinski definition) is 4. The molecule has 0 radical (unpaired) electrons. The van der Waals surface area contributed by atoms with Crippen LogP contribution in [0.4, 0.5) is 23.7 Å². The summed E-state index contributed by atoms with van der Waals surface area (Å²) < 4.78 is 46.3. The summed E-state index contributed by atoms with van der Waals surface area (Å²) in [5.41, 5.74) is -1.51. The number of benzene rings is 3. The lowest BCUT2D eigenvalue weighted by atomic mass is 9.74. The summed E-state index contributed by atoms with van der Waals surface area (Å²) in [4.78, 5) is 26.7. The number of hydrazone groups is 1. The summed E-state index contributed by atoms with van der Waals surface area (Å²) >= 11 is 9.33. The third kappa shape index (κ3) is 5.35. The largest absolute Gasteiger partial charge is 0.465 e. The van der Waals surface area contributed by atoms with Gasteiger partial charge in [0.25, 0.3) is 0 Å². The molecular formula is C26H20BrClF3N3O3. The summed E-state index contributed by atoms with van der Waals surface area (Å²) in [5, 5.41) is 7.65. The van der Waals surface area contributed by atoms with Crippen LogP contribution in [0.2, 0.25) is 5.02 Å². The first-order valence-corrected chi connectivity index (χ1v) is 12.3. The van der Waals surface area contributed by atoms with E-state index in [1.54, 1.807) is 61.5 Å². The van der Waals surface area contributed by atoms with Gasteiger partial charge < -0.3 is 10.1 Å². The molecule has 4 rings (SSSR count). The SMILES string of the molecule is CCOC(=O)C1(c2ccccc2)CN(C(=O)Nc2ccc(Br)cc2)N=C1c1ccc(C(F)(F)F)c(Cl)c1. The molecule has 6 nitrogen and oxygen atoms in total. The minimum atomic E-state index is -4.67. The third-order valence-electron chi connectivity index (χ3n) is 5.78. The summed E-state index contributed by atoms with van der Waals surface area (Å²) in [5.74, 6) is -0.699. The van der Waals surface area contributed by atoms with Crippen molar-refractivity contribution in [3.63, 3.8) is 0 Å². The van der Waals surface area contributed by atoms with Gasteiger partial charge in [0.1, 0.15) is 0 Å². The quantitative estimate of drug-likeness (QED) is 0.328. The number of alkyl halides is 3. The van der Waals surface area contributed by atoms with E-state index in [9.17, 15) is 22.8 Å². The zero-order chi connectivity index (χ0) is 26.8. The standard InChI is InChI=1S/C26H20BrClF3N3O3/c1-2-37-23(35)25(17-6-4-3-5-7-17)15-34(24(36)32-19-11-9-18(27)10-12-19)33-22(25)16-8-13-20(21(28)14-16)26(29,30)31/h3-14H,2,15H2,1H3,(H,32,36). The fourth-order valence-electron chi connectivity index (χ4n) is 4.06. The molecule has 0 saturated heterocycles. The van der Waals surface area contributed by atoms with Crippen LogP contribution in [0.5, 0.6) is 0 Å². The van der Waals surface area contributed by atoms with E-state index < -0.39 is 34.2 Å². The molecule has 0 saturated carbocycles. The van der Waals surface area contributed by atoms with Crippen LogP contribution >= 0.6 is 27.5 Å². The van der Waals surface area contributed by atoms with Gasteiger partial charge in [0.05, 0.1) is 29.4 Å². The van der Waals surface area contributed by atoms with Crippen LogP contribution < -0.4 is 5.32 Å². The number of carbonyl (C=O) groups excluding carboxylic acids is 2. The van der Waals surface area contributed by atoms with Crippen molar-refractivity contribution in [3.05, 3.63) is 99.0 Å². The van der Waals surface area contributed by atoms with E-state index in [4.69, 9.17) is 16.3 Å². The van der Waals surface area contributed by atoms with E-state index >= 15 is 0 Å². The van der Waals surface area contributed by atoms with Crippen LogP contribution in [0.15, 0.2) is 82.4 Å². The molecule has 0 spiro atoms. The molecule has 1 heterocycles. The fraction of sp³-hybridized carbons (Fsp3) is 0.192. The van der Waals surface area contributed by atoms with Gasteiger partial charge in [-0.25, -0.2) is 9.80 Å². The zero-order valence-corrected chi connectivity index (χ0v) is 21.7. The van der Waals surface area contributed by atoms with Gasteiger partial charge in [-0.05, 0) is 48.9 Å². The number of anilines is 1. The number of rotatable bonds is 5. The summed E-state index contributed by atoms with van der Waals surface area (Å²) in [7, 11) is 0. The molecule has 192 valence electrons. The smallest absolute Gasteiger partial charge is 0.417 e. The van der Waals surface area contributed by atoms with E-state index in [1.165, 1.54) is 6.07 Å². The zero-order valence-electron chi connectivity index (χ0n) is 19.4. The lowest BCUT2D eigenvalue weighted by molar-refractivity contribution is -0.147. The van der Waals surface area contributed by atoms with Crippen LogP contribution in [0.3, 0.4) is 0 Å². The molecule has 1 aliphatic heterocycles. The van der Waals surface area contributed by atoms with E-state index in [0.717, 1.165) is 21.6 Å². The van der Waals surface area contributed by atoms with Gasteiger partial charge in [0.2, 0.25) is 0 Å². The van der Waals surface area contributed by atoms with E-state index in [2.05, 4.69) is 26.3 Å². The Morgan fingerprint density at radius 2 is 1.78 bits per heavy atom. The molecule has 1 unspecified atom stereocenters. The average Bonchev–Trinajstić information content (AvgIpc) is 3.27. The van der Waals surface area contributed by atoms with Gasteiger partial charge in [-0.2, -0.15) is 18.3 Å². The van der Waals surface area contributed by atoms with E-state index in [-0.39, 0.29) is 24.4 Å². The number of urea groups is 1. The summed E-state index contributed by atoms with van der Waals surface area (Å²) in [6, 6.07) is 17.8. The molecule has 11 heteroatoms. The summed E-state index contributed by atoms with van der Waals surface area (Å²) in [6.45, 7) is 1.43. The maximum Gasteiger partial charge on any atom is 0.417 e. The third-order valence-corrected chi connectivity index (χ3v) is 6.62. The van der Waals surface area contributed by atoms with E-state index in [1.807, 2.05) is 0 Å². The highest BCUT2D eigenvalue weighted by Gasteiger charge is 2.54. The molecule has 0 aliphatic carbocycles. The van der Waals surface area contributed by atoms with E-state index in [0.29, 0.717) is 11.3 Å². The molecule has 1 N–H and O–H groups in total. The van der Waals surface area contributed by atoms with Gasteiger partial charge in [-0.15, -0.1) is 0 Å². The maximum atomic E-state index is 13.5. The Bertz CT molecular complexity index is 1350. The molecule has 1 atom stereocenters. The van der Waals surface area contributed by atoms with Crippen molar-refractivity contribution in [2.45, 2.75) is 18.5 Å². The molecule has 0 fully saturated rings. The van der Waals surface area contributed by atoms with Crippen molar-refractivity contribution >= 4 is 50.9 Å². The number of nitrogens with zero attached hydrogens (tertiary/aromatic N) is 2. The number of esters is 1. The first-order valence-electron chi connectivity index (χ1n) is 11.1. The lowest BCUT2D eigenvalue weighted by Gasteiger charge is -2.29. The van der Waals surface area contributed by atoms with Crippen LogP contribution in [-0.2, 0) is 21.1 Å². The van der Waals surface area contributed by atoms with Crippen molar-refractivity contribution in [1.29, 1.82) is 0 Å². The number of halogens is 5.